The molecule has 25 heavy (non-hydrogen) atoms. The second-order valence-corrected chi connectivity index (χ2v) is 9.56. The lowest BCUT2D eigenvalue weighted by Gasteiger charge is -2.26. The molecule has 138 valence electrons. The van der Waals surface area contributed by atoms with Crippen LogP contribution in [0.25, 0.3) is 0 Å². The summed E-state index contributed by atoms with van der Waals surface area (Å²) in [5, 5.41) is 6.16. The first kappa shape index (κ1) is 18.7. The monoisotopic (exact) mass is 383 g/mol. The average molecular weight is 384 g/mol. The highest BCUT2D eigenvalue weighted by Crippen LogP contribution is 2.23. The molecule has 3 rings (SSSR count). The Morgan fingerprint density at radius 3 is 2.80 bits per heavy atom. The minimum atomic E-state index is -3.48. The molecule has 8 heteroatoms. The molecule has 0 saturated carbocycles. The highest BCUT2D eigenvalue weighted by molar-refractivity contribution is 7.99. The van der Waals surface area contributed by atoms with Crippen LogP contribution in [0.5, 0.6) is 0 Å². The van der Waals surface area contributed by atoms with Gasteiger partial charge in [0.05, 0.1) is 4.90 Å². The SMILES string of the molecule is O=C(CC1CSCCN1)Nc1cccc(S(=O)(=O)N2CCCCC2)c1. The van der Waals surface area contributed by atoms with Crippen LogP contribution in [0.15, 0.2) is 29.2 Å². The quantitative estimate of drug-likeness (QED) is 0.812. The summed E-state index contributed by atoms with van der Waals surface area (Å²) in [4.78, 5) is 12.5. The summed E-state index contributed by atoms with van der Waals surface area (Å²) in [5.41, 5.74) is 0.534. The van der Waals surface area contributed by atoms with E-state index in [0.717, 1.165) is 37.3 Å². The Morgan fingerprint density at radius 2 is 2.08 bits per heavy atom. The first-order valence-electron chi connectivity index (χ1n) is 8.77. The number of amides is 1. The zero-order chi connectivity index (χ0) is 17.7. The van der Waals surface area contributed by atoms with Crippen molar-refractivity contribution in [3.63, 3.8) is 0 Å². The van der Waals surface area contributed by atoms with E-state index in [0.29, 0.717) is 25.2 Å². The second kappa shape index (κ2) is 8.53. The summed E-state index contributed by atoms with van der Waals surface area (Å²) in [5.74, 6) is 1.92. The maximum Gasteiger partial charge on any atom is 0.243 e. The van der Waals surface area contributed by atoms with E-state index >= 15 is 0 Å². The topological polar surface area (TPSA) is 78.5 Å². The molecule has 1 unspecified atom stereocenters. The Balaban J connectivity index is 1.65. The maximum absolute atomic E-state index is 12.7. The van der Waals surface area contributed by atoms with Gasteiger partial charge in [0.15, 0.2) is 0 Å². The molecular weight excluding hydrogens is 358 g/mol. The molecule has 0 spiro atoms. The molecule has 0 aromatic heterocycles. The number of hydrogen-bond donors (Lipinski definition) is 2. The van der Waals surface area contributed by atoms with Crippen molar-refractivity contribution >= 4 is 33.4 Å². The molecule has 0 aliphatic carbocycles. The van der Waals surface area contributed by atoms with Gasteiger partial charge in [-0.05, 0) is 31.0 Å². The average Bonchev–Trinajstić information content (AvgIpc) is 2.63. The molecule has 0 bridgehead atoms. The standard InChI is InChI=1S/C17H25N3O3S2/c21-17(12-15-13-24-10-7-18-15)19-14-5-4-6-16(11-14)25(22,23)20-8-2-1-3-9-20/h4-6,11,15,18H,1-3,7-10,12-13H2,(H,19,21). The third-order valence-electron chi connectivity index (χ3n) is 4.50. The van der Waals surface area contributed by atoms with Gasteiger partial charge in [0.25, 0.3) is 0 Å². The number of nitrogens with one attached hydrogen (secondary N) is 2. The van der Waals surface area contributed by atoms with E-state index in [9.17, 15) is 13.2 Å². The summed E-state index contributed by atoms with van der Waals surface area (Å²) in [6.07, 6.45) is 3.29. The van der Waals surface area contributed by atoms with Crippen molar-refractivity contribution in [2.75, 3.05) is 36.5 Å². The van der Waals surface area contributed by atoms with Crippen LogP contribution in [0.3, 0.4) is 0 Å². The van der Waals surface area contributed by atoms with Gasteiger partial charge in [-0.3, -0.25) is 4.79 Å². The van der Waals surface area contributed by atoms with E-state index < -0.39 is 10.0 Å². The summed E-state index contributed by atoms with van der Waals surface area (Å²) >= 11 is 1.85. The summed E-state index contributed by atoms with van der Waals surface area (Å²) in [6, 6.07) is 6.75. The molecule has 1 amide bonds. The van der Waals surface area contributed by atoms with Gasteiger partial charge in [-0.25, -0.2) is 8.42 Å². The van der Waals surface area contributed by atoms with Gasteiger partial charge in [0.1, 0.15) is 0 Å². The fourth-order valence-corrected chi connectivity index (χ4v) is 5.69. The van der Waals surface area contributed by atoms with Crippen LogP contribution < -0.4 is 10.6 Å². The fourth-order valence-electron chi connectivity index (χ4n) is 3.18. The van der Waals surface area contributed by atoms with Crippen LogP contribution in [0.1, 0.15) is 25.7 Å². The molecule has 2 fully saturated rings. The molecule has 1 aromatic rings. The number of nitrogens with zero attached hydrogens (tertiary/aromatic N) is 1. The van der Waals surface area contributed by atoms with Crippen molar-refractivity contribution in [3.05, 3.63) is 24.3 Å². The first-order valence-corrected chi connectivity index (χ1v) is 11.4. The van der Waals surface area contributed by atoms with Gasteiger partial charge in [-0.2, -0.15) is 16.1 Å². The Labute approximate surface area is 153 Å². The molecule has 6 nitrogen and oxygen atoms in total. The van der Waals surface area contributed by atoms with Gasteiger partial charge in [0, 0.05) is 49.3 Å². The molecular formula is C17H25N3O3S2. The number of rotatable bonds is 5. The van der Waals surface area contributed by atoms with Crippen molar-refractivity contribution in [2.24, 2.45) is 0 Å². The van der Waals surface area contributed by atoms with Gasteiger partial charge in [0.2, 0.25) is 15.9 Å². The Morgan fingerprint density at radius 1 is 1.28 bits per heavy atom. The van der Waals surface area contributed by atoms with E-state index in [1.54, 1.807) is 28.6 Å². The van der Waals surface area contributed by atoms with Crippen LogP contribution in [0.4, 0.5) is 5.69 Å². The molecule has 2 saturated heterocycles. The van der Waals surface area contributed by atoms with Crippen LogP contribution in [-0.2, 0) is 14.8 Å². The van der Waals surface area contributed by atoms with Crippen LogP contribution in [0.2, 0.25) is 0 Å². The number of thioether (sulfide) groups is 1. The van der Waals surface area contributed by atoms with E-state index in [4.69, 9.17) is 0 Å². The first-order chi connectivity index (χ1) is 12.1. The van der Waals surface area contributed by atoms with Crippen LogP contribution >= 0.6 is 11.8 Å². The number of carbonyl (C=O) groups is 1. The highest BCUT2D eigenvalue weighted by Gasteiger charge is 2.26. The lowest BCUT2D eigenvalue weighted by molar-refractivity contribution is -0.116. The van der Waals surface area contributed by atoms with Gasteiger partial charge in [-0.15, -0.1) is 0 Å². The number of sulfonamides is 1. The lowest BCUT2D eigenvalue weighted by atomic mass is 10.2. The third kappa shape index (κ3) is 4.97. The van der Waals surface area contributed by atoms with Gasteiger partial charge in [-0.1, -0.05) is 12.5 Å². The largest absolute Gasteiger partial charge is 0.326 e. The minimum absolute atomic E-state index is 0.0903. The van der Waals surface area contributed by atoms with Crippen molar-refractivity contribution in [1.82, 2.24) is 9.62 Å². The van der Waals surface area contributed by atoms with Crippen LogP contribution in [0, 0.1) is 0 Å². The second-order valence-electron chi connectivity index (χ2n) is 6.47. The number of anilines is 1. The number of piperidine rings is 1. The van der Waals surface area contributed by atoms with E-state index in [1.165, 1.54) is 0 Å². The minimum Gasteiger partial charge on any atom is -0.326 e. The fraction of sp³-hybridized carbons (Fsp3) is 0.588. The predicted molar refractivity (Wildman–Crippen MR) is 101 cm³/mol. The summed E-state index contributed by atoms with van der Waals surface area (Å²) in [7, 11) is -3.48. The summed E-state index contributed by atoms with van der Waals surface area (Å²) < 4.78 is 27.0. The number of carbonyl (C=O) groups excluding carboxylic acids is 1. The predicted octanol–water partition coefficient (Wildman–Crippen LogP) is 1.89. The Hall–Kier alpha value is -1.09. The molecule has 2 aliphatic rings. The van der Waals surface area contributed by atoms with E-state index in [-0.39, 0.29) is 16.8 Å². The zero-order valence-corrected chi connectivity index (χ0v) is 15.9. The Kier molecular flexibility index (Phi) is 6.38. The smallest absolute Gasteiger partial charge is 0.243 e. The normalized spacial score (nSPS) is 22.5. The molecule has 0 radical (unpaired) electrons. The molecule has 2 N–H and O–H groups in total. The molecule has 1 aromatic carbocycles. The van der Waals surface area contributed by atoms with E-state index in [2.05, 4.69) is 10.6 Å². The maximum atomic E-state index is 12.7. The molecule has 2 heterocycles. The molecule has 1 atom stereocenters. The van der Waals surface area contributed by atoms with Crippen molar-refractivity contribution in [2.45, 2.75) is 36.6 Å². The number of hydrogen-bond acceptors (Lipinski definition) is 5. The van der Waals surface area contributed by atoms with E-state index in [1.807, 2.05) is 11.8 Å². The third-order valence-corrected chi connectivity index (χ3v) is 7.53. The highest BCUT2D eigenvalue weighted by atomic mass is 32.2. The lowest BCUT2D eigenvalue weighted by Crippen LogP contribution is -2.39. The summed E-state index contributed by atoms with van der Waals surface area (Å²) in [6.45, 7) is 2.07. The van der Waals surface area contributed by atoms with Crippen molar-refractivity contribution in [3.8, 4) is 0 Å². The number of benzene rings is 1. The molecule has 2 aliphatic heterocycles. The van der Waals surface area contributed by atoms with Crippen LogP contribution in [-0.4, -0.2) is 55.8 Å². The zero-order valence-electron chi connectivity index (χ0n) is 14.2. The Bertz CT molecular complexity index is 697. The van der Waals surface area contributed by atoms with Gasteiger partial charge < -0.3 is 10.6 Å². The van der Waals surface area contributed by atoms with Gasteiger partial charge >= 0.3 is 0 Å². The van der Waals surface area contributed by atoms with Crippen molar-refractivity contribution < 1.29 is 13.2 Å². The van der Waals surface area contributed by atoms with Crippen molar-refractivity contribution in [1.29, 1.82) is 0 Å².